The highest BCUT2D eigenvalue weighted by atomic mass is 19.4. The number of aliphatic carboxylic acids is 1. The summed E-state index contributed by atoms with van der Waals surface area (Å²) in [7, 11) is 0. The van der Waals surface area contributed by atoms with Crippen molar-refractivity contribution < 1.29 is 36.6 Å². The van der Waals surface area contributed by atoms with Crippen LogP contribution in [0.4, 0.5) is 22.0 Å². The zero-order valence-corrected chi connectivity index (χ0v) is 17.0. The molecule has 0 radical (unpaired) electrons. The van der Waals surface area contributed by atoms with E-state index in [0.29, 0.717) is 12.1 Å². The van der Waals surface area contributed by atoms with Gasteiger partial charge in [-0.3, -0.25) is 4.79 Å². The maximum Gasteiger partial charge on any atom is 0.490 e. The van der Waals surface area contributed by atoms with Crippen molar-refractivity contribution in [2.45, 2.75) is 19.3 Å². The largest absolute Gasteiger partial charge is 0.490 e. The molecule has 0 aromatic heterocycles. The van der Waals surface area contributed by atoms with Gasteiger partial charge in [-0.1, -0.05) is 48.5 Å². The van der Waals surface area contributed by atoms with Crippen LogP contribution in [0.5, 0.6) is 0 Å². The van der Waals surface area contributed by atoms with Gasteiger partial charge in [0, 0.05) is 30.3 Å². The van der Waals surface area contributed by atoms with Crippen molar-refractivity contribution in [1.29, 1.82) is 0 Å². The van der Waals surface area contributed by atoms with Crippen LogP contribution in [0.3, 0.4) is 0 Å². The maximum absolute atomic E-state index is 13.7. The van der Waals surface area contributed by atoms with Gasteiger partial charge in [-0.2, -0.15) is 13.2 Å². The molecular formula is C23H19F5N2O3. The minimum atomic E-state index is -5.08. The highest BCUT2D eigenvalue weighted by Gasteiger charge is 2.38. The number of rotatable bonds is 5. The fourth-order valence-corrected chi connectivity index (χ4v) is 2.81. The lowest BCUT2D eigenvalue weighted by molar-refractivity contribution is -0.192. The van der Waals surface area contributed by atoms with Crippen molar-refractivity contribution in [3.63, 3.8) is 0 Å². The molecule has 0 aliphatic heterocycles. The highest BCUT2D eigenvalue weighted by molar-refractivity contribution is 6.01. The van der Waals surface area contributed by atoms with Crippen LogP contribution < -0.4 is 11.1 Å². The Morgan fingerprint density at radius 2 is 1.45 bits per heavy atom. The predicted molar refractivity (Wildman–Crippen MR) is 111 cm³/mol. The number of nitrogens with two attached hydrogens (primary N) is 1. The molecule has 0 fully saturated rings. The van der Waals surface area contributed by atoms with Crippen LogP contribution in [0.25, 0.3) is 11.1 Å². The number of carbonyl (C=O) groups excluding carboxylic acids is 1. The summed E-state index contributed by atoms with van der Waals surface area (Å²) in [5.41, 5.74) is 9.06. The summed E-state index contributed by atoms with van der Waals surface area (Å²) in [6, 6.07) is 18.1. The summed E-state index contributed by atoms with van der Waals surface area (Å²) in [6.45, 7) is 0.324. The van der Waals surface area contributed by atoms with Crippen molar-refractivity contribution in [3.05, 3.63) is 95.1 Å². The summed E-state index contributed by atoms with van der Waals surface area (Å²) in [5.74, 6) is -4.43. The lowest BCUT2D eigenvalue weighted by atomic mass is 9.95. The number of halogens is 5. The van der Waals surface area contributed by atoms with Crippen LogP contribution in [0, 0.1) is 11.6 Å². The number of benzene rings is 3. The molecule has 0 aliphatic carbocycles. The van der Waals surface area contributed by atoms with E-state index in [4.69, 9.17) is 15.6 Å². The van der Waals surface area contributed by atoms with Crippen molar-refractivity contribution in [1.82, 2.24) is 5.32 Å². The third-order valence-corrected chi connectivity index (χ3v) is 4.40. The summed E-state index contributed by atoms with van der Waals surface area (Å²) in [5, 5.41) is 9.82. The Labute approximate surface area is 185 Å². The number of hydrogen-bond acceptors (Lipinski definition) is 3. The van der Waals surface area contributed by atoms with E-state index in [9.17, 15) is 26.7 Å². The van der Waals surface area contributed by atoms with Crippen molar-refractivity contribution in [3.8, 4) is 11.1 Å². The molecule has 0 spiro atoms. The lowest BCUT2D eigenvalue weighted by Gasteiger charge is -2.13. The fourth-order valence-electron chi connectivity index (χ4n) is 2.81. The van der Waals surface area contributed by atoms with Crippen LogP contribution in [0.15, 0.2) is 66.7 Å². The van der Waals surface area contributed by atoms with E-state index >= 15 is 0 Å². The van der Waals surface area contributed by atoms with Crippen molar-refractivity contribution in [2.24, 2.45) is 5.73 Å². The second kappa shape index (κ2) is 11.2. The Kier molecular flexibility index (Phi) is 8.63. The van der Waals surface area contributed by atoms with Gasteiger partial charge in [0.1, 0.15) is 11.6 Å². The Balaban J connectivity index is 0.000000479. The molecule has 0 saturated heterocycles. The summed E-state index contributed by atoms with van der Waals surface area (Å²) in [6.07, 6.45) is -5.08. The van der Waals surface area contributed by atoms with Crippen LogP contribution in [-0.4, -0.2) is 23.2 Å². The third kappa shape index (κ3) is 7.11. The number of hydrogen-bond donors (Lipinski definition) is 3. The van der Waals surface area contributed by atoms with Crippen LogP contribution in [0.1, 0.15) is 21.5 Å². The first kappa shape index (κ1) is 25.5. The van der Waals surface area contributed by atoms with E-state index in [1.54, 1.807) is 12.1 Å². The maximum atomic E-state index is 13.7. The van der Waals surface area contributed by atoms with E-state index in [0.717, 1.165) is 28.8 Å². The topological polar surface area (TPSA) is 92.4 Å². The normalized spacial score (nSPS) is 10.7. The lowest BCUT2D eigenvalue weighted by Crippen LogP contribution is -2.24. The summed E-state index contributed by atoms with van der Waals surface area (Å²) >= 11 is 0. The Hall–Kier alpha value is -3.79. The summed E-state index contributed by atoms with van der Waals surface area (Å²) < 4.78 is 58.5. The number of amides is 1. The van der Waals surface area contributed by atoms with Gasteiger partial charge in [-0.15, -0.1) is 0 Å². The monoisotopic (exact) mass is 466 g/mol. The molecule has 0 saturated carbocycles. The second-order valence-electron chi connectivity index (χ2n) is 6.63. The molecule has 1 amide bonds. The first-order chi connectivity index (χ1) is 15.5. The molecule has 3 aromatic carbocycles. The summed E-state index contributed by atoms with van der Waals surface area (Å²) in [4.78, 5) is 21.5. The van der Waals surface area contributed by atoms with E-state index in [1.165, 1.54) is 6.07 Å². The number of carbonyl (C=O) groups is 2. The van der Waals surface area contributed by atoms with Gasteiger partial charge in [0.2, 0.25) is 0 Å². The van der Waals surface area contributed by atoms with E-state index in [-0.39, 0.29) is 18.0 Å². The van der Waals surface area contributed by atoms with Gasteiger partial charge in [0.15, 0.2) is 0 Å². The van der Waals surface area contributed by atoms with Gasteiger partial charge in [0.25, 0.3) is 5.91 Å². The molecule has 0 aliphatic rings. The van der Waals surface area contributed by atoms with Crippen molar-refractivity contribution >= 4 is 11.9 Å². The minimum Gasteiger partial charge on any atom is -0.475 e. The smallest absolute Gasteiger partial charge is 0.475 e. The van der Waals surface area contributed by atoms with Crippen molar-refractivity contribution in [2.75, 3.05) is 0 Å². The molecule has 3 rings (SSSR count). The number of alkyl halides is 3. The Morgan fingerprint density at radius 3 is 2.03 bits per heavy atom. The Bertz CT molecular complexity index is 1130. The molecule has 5 nitrogen and oxygen atoms in total. The first-order valence-corrected chi connectivity index (χ1v) is 9.44. The van der Waals surface area contributed by atoms with Gasteiger partial charge >= 0.3 is 12.1 Å². The molecule has 33 heavy (non-hydrogen) atoms. The second-order valence-corrected chi connectivity index (χ2v) is 6.63. The van der Waals surface area contributed by atoms with Crippen LogP contribution >= 0.6 is 0 Å². The zero-order chi connectivity index (χ0) is 24.6. The van der Waals surface area contributed by atoms with Gasteiger partial charge in [-0.05, 0) is 28.8 Å². The quantitative estimate of drug-likeness (QED) is 0.477. The SMILES string of the molecule is NCc1ccccc1-c1ccccc1C(=O)NCc1ccc(F)cc1F.O=C(O)C(F)(F)F. The van der Waals surface area contributed by atoms with Gasteiger partial charge < -0.3 is 16.2 Å². The number of carboxylic acids is 1. The predicted octanol–water partition coefficient (Wildman–Crippen LogP) is 4.65. The number of nitrogens with one attached hydrogen (secondary N) is 1. The molecule has 4 N–H and O–H groups in total. The number of carboxylic acid groups (broad SMARTS) is 1. The van der Waals surface area contributed by atoms with E-state index in [2.05, 4.69) is 5.32 Å². The van der Waals surface area contributed by atoms with Gasteiger partial charge in [-0.25, -0.2) is 13.6 Å². The van der Waals surface area contributed by atoms with Gasteiger partial charge in [0.05, 0.1) is 0 Å². The minimum absolute atomic E-state index is 0.0299. The molecular weight excluding hydrogens is 447 g/mol. The average molecular weight is 466 g/mol. The first-order valence-electron chi connectivity index (χ1n) is 9.44. The molecule has 174 valence electrons. The zero-order valence-electron chi connectivity index (χ0n) is 17.0. The average Bonchev–Trinajstić information content (AvgIpc) is 2.78. The van der Waals surface area contributed by atoms with E-state index in [1.807, 2.05) is 36.4 Å². The molecule has 3 aromatic rings. The standard InChI is InChI=1S/C21H18F2N2O.C2HF3O2/c22-16-10-9-15(20(23)11-16)13-25-21(26)19-8-4-3-7-18(19)17-6-2-1-5-14(17)12-24;3-2(4,5)1(6)7/h1-11H,12-13,24H2,(H,25,26);(H,6,7). The Morgan fingerprint density at radius 1 is 0.879 bits per heavy atom. The van der Waals surface area contributed by atoms with Crippen LogP contribution in [0.2, 0.25) is 0 Å². The molecule has 0 atom stereocenters. The van der Waals surface area contributed by atoms with Crippen LogP contribution in [-0.2, 0) is 17.9 Å². The third-order valence-electron chi connectivity index (χ3n) is 4.40. The molecule has 0 unspecified atom stereocenters. The fraction of sp³-hybridized carbons (Fsp3) is 0.130. The molecule has 0 bridgehead atoms. The van der Waals surface area contributed by atoms with E-state index < -0.39 is 23.8 Å². The molecule has 10 heteroatoms. The highest BCUT2D eigenvalue weighted by Crippen LogP contribution is 2.27. The molecule has 0 heterocycles.